The van der Waals surface area contributed by atoms with Gasteiger partial charge in [-0.15, -0.1) is 0 Å². The molecule has 0 heterocycles. The fraction of sp³-hybridized carbons (Fsp3) is 0.647. The lowest BCUT2D eigenvalue weighted by Crippen LogP contribution is -2.25. The SMILES string of the molecule is Cc1c(N(C)C)ccc(C(C)(C)C)c1C(C)(C)C. The highest BCUT2D eigenvalue weighted by Gasteiger charge is 2.27. The highest BCUT2D eigenvalue weighted by atomic mass is 15.1. The maximum atomic E-state index is 2.31. The van der Waals surface area contributed by atoms with Gasteiger partial charge in [-0.1, -0.05) is 47.6 Å². The maximum Gasteiger partial charge on any atom is 0.0393 e. The molecule has 1 aromatic carbocycles. The lowest BCUT2D eigenvalue weighted by Gasteiger charge is -2.34. The summed E-state index contributed by atoms with van der Waals surface area (Å²) in [6.07, 6.45) is 0. The zero-order chi connectivity index (χ0) is 14.3. The quantitative estimate of drug-likeness (QED) is 0.698. The topological polar surface area (TPSA) is 3.24 Å². The van der Waals surface area contributed by atoms with Crippen molar-refractivity contribution in [3.05, 3.63) is 28.8 Å². The first kappa shape index (κ1) is 15.1. The van der Waals surface area contributed by atoms with Crippen LogP contribution in [0.15, 0.2) is 12.1 Å². The van der Waals surface area contributed by atoms with Crippen molar-refractivity contribution >= 4 is 5.69 Å². The van der Waals surface area contributed by atoms with Gasteiger partial charge in [-0.05, 0) is 40.5 Å². The van der Waals surface area contributed by atoms with Gasteiger partial charge in [0.25, 0.3) is 0 Å². The van der Waals surface area contributed by atoms with Crippen LogP contribution in [-0.2, 0) is 10.8 Å². The third kappa shape index (κ3) is 2.88. The summed E-state index contributed by atoms with van der Waals surface area (Å²) in [6, 6.07) is 4.56. The van der Waals surface area contributed by atoms with Gasteiger partial charge in [0.2, 0.25) is 0 Å². The van der Waals surface area contributed by atoms with Crippen molar-refractivity contribution in [1.29, 1.82) is 0 Å². The summed E-state index contributed by atoms with van der Waals surface area (Å²) < 4.78 is 0. The molecule has 1 heteroatoms. The second-order valence-electron chi connectivity index (χ2n) is 7.53. The molecule has 0 atom stereocenters. The monoisotopic (exact) mass is 247 g/mol. The molecule has 0 spiro atoms. The molecule has 0 aliphatic heterocycles. The zero-order valence-electron chi connectivity index (χ0n) is 13.6. The average molecular weight is 247 g/mol. The normalized spacial score (nSPS) is 12.7. The first-order valence-electron chi connectivity index (χ1n) is 6.78. The summed E-state index contributed by atoms with van der Waals surface area (Å²) in [5.74, 6) is 0. The highest BCUT2D eigenvalue weighted by Crippen LogP contribution is 2.39. The van der Waals surface area contributed by atoms with Crippen molar-refractivity contribution in [3.63, 3.8) is 0 Å². The van der Waals surface area contributed by atoms with Crippen LogP contribution in [0.2, 0.25) is 0 Å². The Morgan fingerprint density at radius 3 is 1.67 bits per heavy atom. The summed E-state index contributed by atoms with van der Waals surface area (Å²) >= 11 is 0. The molecule has 1 rings (SSSR count). The lowest BCUT2D eigenvalue weighted by atomic mass is 9.73. The smallest absolute Gasteiger partial charge is 0.0393 e. The summed E-state index contributed by atoms with van der Waals surface area (Å²) in [7, 11) is 4.23. The second kappa shape index (κ2) is 4.60. The summed E-state index contributed by atoms with van der Waals surface area (Å²) in [5.41, 5.74) is 6.09. The molecular formula is C17H29N. The van der Waals surface area contributed by atoms with Crippen LogP contribution in [0.3, 0.4) is 0 Å². The number of nitrogens with zero attached hydrogens (tertiary/aromatic N) is 1. The van der Waals surface area contributed by atoms with Gasteiger partial charge in [-0.25, -0.2) is 0 Å². The van der Waals surface area contributed by atoms with Crippen LogP contribution in [0.1, 0.15) is 58.2 Å². The van der Waals surface area contributed by atoms with E-state index in [2.05, 4.69) is 79.6 Å². The van der Waals surface area contributed by atoms with Crippen LogP contribution in [0, 0.1) is 6.92 Å². The second-order valence-corrected chi connectivity index (χ2v) is 7.53. The molecular weight excluding hydrogens is 218 g/mol. The van der Waals surface area contributed by atoms with Crippen molar-refractivity contribution in [2.45, 2.75) is 59.3 Å². The Labute approximate surface area is 113 Å². The van der Waals surface area contributed by atoms with Gasteiger partial charge in [-0.3, -0.25) is 0 Å². The molecule has 0 aliphatic carbocycles. The van der Waals surface area contributed by atoms with E-state index in [0.717, 1.165) is 0 Å². The number of rotatable bonds is 1. The van der Waals surface area contributed by atoms with Crippen LogP contribution < -0.4 is 4.90 Å². The Kier molecular flexibility index (Phi) is 3.86. The first-order valence-corrected chi connectivity index (χ1v) is 6.78. The molecule has 1 nitrogen and oxygen atoms in total. The zero-order valence-corrected chi connectivity index (χ0v) is 13.6. The van der Waals surface area contributed by atoms with E-state index in [9.17, 15) is 0 Å². The molecule has 0 aliphatic rings. The Morgan fingerprint density at radius 2 is 1.33 bits per heavy atom. The molecule has 0 fully saturated rings. The summed E-state index contributed by atoms with van der Waals surface area (Å²) in [6.45, 7) is 16.1. The number of hydrogen-bond acceptors (Lipinski definition) is 1. The van der Waals surface area contributed by atoms with Crippen LogP contribution in [0.5, 0.6) is 0 Å². The molecule has 0 saturated carbocycles. The van der Waals surface area contributed by atoms with Gasteiger partial charge < -0.3 is 4.90 Å². The molecule has 0 N–H and O–H groups in total. The Hall–Kier alpha value is -0.980. The van der Waals surface area contributed by atoms with Crippen molar-refractivity contribution in [2.24, 2.45) is 0 Å². The van der Waals surface area contributed by atoms with Gasteiger partial charge in [0, 0.05) is 19.8 Å². The van der Waals surface area contributed by atoms with E-state index in [4.69, 9.17) is 0 Å². The standard InChI is InChI=1S/C17H29N/c1-12-14(18(8)9)11-10-13(16(2,3)4)15(12)17(5,6)7/h10-11H,1-9H3. The highest BCUT2D eigenvalue weighted by molar-refractivity contribution is 5.60. The van der Waals surface area contributed by atoms with E-state index in [1.165, 1.54) is 22.4 Å². The minimum absolute atomic E-state index is 0.179. The van der Waals surface area contributed by atoms with E-state index in [1.807, 2.05) is 0 Å². The Bertz CT molecular complexity index is 428. The fourth-order valence-corrected chi connectivity index (χ4v) is 2.78. The minimum Gasteiger partial charge on any atom is -0.377 e. The molecule has 102 valence electrons. The maximum absolute atomic E-state index is 2.31. The van der Waals surface area contributed by atoms with Crippen LogP contribution in [0.4, 0.5) is 5.69 Å². The lowest BCUT2D eigenvalue weighted by molar-refractivity contribution is 0.527. The van der Waals surface area contributed by atoms with Crippen LogP contribution in [0.25, 0.3) is 0 Å². The molecule has 0 saturated heterocycles. The van der Waals surface area contributed by atoms with Gasteiger partial charge in [-0.2, -0.15) is 0 Å². The van der Waals surface area contributed by atoms with E-state index in [-0.39, 0.29) is 10.8 Å². The Morgan fingerprint density at radius 1 is 0.833 bits per heavy atom. The van der Waals surface area contributed by atoms with Gasteiger partial charge >= 0.3 is 0 Å². The number of anilines is 1. The minimum atomic E-state index is 0.179. The number of benzene rings is 1. The third-order valence-electron chi connectivity index (χ3n) is 3.48. The van der Waals surface area contributed by atoms with Gasteiger partial charge in [0.05, 0.1) is 0 Å². The van der Waals surface area contributed by atoms with Crippen LogP contribution >= 0.6 is 0 Å². The van der Waals surface area contributed by atoms with E-state index >= 15 is 0 Å². The van der Waals surface area contributed by atoms with E-state index < -0.39 is 0 Å². The molecule has 0 radical (unpaired) electrons. The van der Waals surface area contributed by atoms with Crippen molar-refractivity contribution in [1.82, 2.24) is 0 Å². The molecule has 18 heavy (non-hydrogen) atoms. The molecule has 0 amide bonds. The van der Waals surface area contributed by atoms with Crippen molar-refractivity contribution < 1.29 is 0 Å². The Balaban J connectivity index is 3.63. The van der Waals surface area contributed by atoms with E-state index in [0.29, 0.717) is 0 Å². The average Bonchev–Trinajstić information content (AvgIpc) is 2.12. The largest absolute Gasteiger partial charge is 0.377 e. The molecule has 1 aromatic rings. The number of hydrogen-bond donors (Lipinski definition) is 0. The van der Waals surface area contributed by atoms with Gasteiger partial charge in [0.1, 0.15) is 0 Å². The van der Waals surface area contributed by atoms with Crippen molar-refractivity contribution in [2.75, 3.05) is 19.0 Å². The third-order valence-corrected chi connectivity index (χ3v) is 3.48. The molecule has 0 aromatic heterocycles. The van der Waals surface area contributed by atoms with Crippen molar-refractivity contribution in [3.8, 4) is 0 Å². The first-order chi connectivity index (χ1) is 7.96. The predicted molar refractivity (Wildman–Crippen MR) is 82.9 cm³/mol. The predicted octanol–water partition coefficient (Wildman–Crippen LogP) is 4.66. The van der Waals surface area contributed by atoms with Crippen LogP contribution in [-0.4, -0.2) is 14.1 Å². The molecule has 0 unspecified atom stereocenters. The summed E-state index contributed by atoms with van der Waals surface area (Å²) in [4.78, 5) is 2.21. The summed E-state index contributed by atoms with van der Waals surface area (Å²) in [5, 5.41) is 0. The van der Waals surface area contributed by atoms with E-state index in [1.54, 1.807) is 0 Å². The fourth-order valence-electron chi connectivity index (χ4n) is 2.78. The molecule has 0 bridgehead atoms. The van der Waals surface area contributed by atoms with Gasteiger partial charge in [0.15, 0.2) is 0 Å².